The van der Waals surface area contributed by atoms with Gasteiger partial charge in [-0.05, 0) is 65.2 Å². The third kappa shape index (κ3) is 2.76. The lowest BCUT2D eigenvalue weighted by Gasteiger charge is -2.43. The number of anilines is 1. The number of halogens is 2. The number of carbonyl (C=O) groups excluding carboxylic acids is 1. The van der Waals surface area contributed by atoms with Gasteiger partial charge in [0.15, 0.2) is 0 Å². The van der Waals surface area contributed by atoms with Gasteiger partial charge in [-0.2, -0.15) is 0 Å². The van der Waals surface area contributed by atoms with Crippen molar-refractivity contribution in [3.63, 3.8) is 0 Å². The Bertz CT molecular complexity index is 682. The maximum Gasteiger partial charge on any atom is 0.236 e. The monoisotopic (exact) mass is 364 g/mol. The van der Waals surface area contributed by atoms with Crippen molar-refractivity contribution in [2.75, 3.05) is 5.32 Å². The van der Waals surface area contributed by atoms with Crippen molar-refractivity contribution in [1.29, 1.82) is 0 Å². The molecule has 114 valence electrons. The lowest BCUT2D eigenvalue weighted by atomic mass is 9.64. The normalized spacial score (nSPS) is 23.7. The summed E-state index contributed by atoms with van der Waals surface area (Å²) in [7, 11) is 0. The molecule has 0 unspecified atom stereocenters. The largest absolute Gasteiger partial charge is 0.393 e. The van der Waals surface area contributed by atoms with Crippen LogP contribution in [0.3, 0.4) is 0 Å². The SMILES string of the molecule is O=C(Nc1ccc(F)cc1)C1(c2ccc(Br)cn2)CC(O)C1. The zero-order valence-corrected chi connectivity index (χ0v) is 13.2. The first-order chi connectivity index (χ1) is 10.5. The zero-order valence-electron chi connectivity index (χ0n) is 11.6. The third-order valence-corrected chi connectivity index (χ3v) is 4.39. The summed E-state index contributed by atoms with van der Waals surface area (Å²) in [5, 5.41) is 12.5. The van der Waals surface area contributed by atoms with E-state index in [-0.39, 0.29) is 11.7 Å². The van der Waals surface area contributed by atoms with Crippen LogP contribution in [0.4, 0.5) is 10.1 Å². The Labute approximate surface area is 135 Å². The molecule has 1 aliphatic rings. The number of benzene rings is 1. The van der Waals surface area contributed by atoms with E-state index >= 15 is 0 Å². The van der Waals surface area contributed by atoms with Gasteiger partial charge in [0.25, 0.3) is 0 Å². The molecule has 1 saturated carbocycles. The molecule has 1 aliphatic carbocycles. The maximum absolute atomic E-state index is 12.9. The Morgan fingerprint density at radius 1 is 1.27 bits per heavy atom. The second-order valence-electron chi connectivity index (χ2n) is 5.47. The van der Waals surface area contributed by atoms with Gasteiger partial charge in [-0.25, -0.2) is 4.39 Å². The van der Waals surface area contributed by atoms with Crippen LogP contribution in [0, 0.1) is 5.82 Å². The van der Waals surface area contributed by atoms with Crippen molar-refractivity contribution in [3.05, 3.63) is 58.6 Å². The van der Waals surface area contributed by atoms with Crippen LogP contribution >= 0.6 is 15.9 Å². The van der Waals surface area contributed by atoms with Crippen molar-refractivity contribution < 1.29 is 14.3 Å². The summed E-state index contributed by atoms with van der Waals surface area (Å²) in [6.45, 7) is 0. The first-order valence-corrected chi connectivity index (χ1v) is 7.66. The molecular formula is C16H14BrFN2O2. The molecule has 1 aromatic carbocycles. The number of nitrogens with one attached hydrogen (secondary N) is 1. The van der Waals surface area contributed by atoms with Crippen LogP contribution in [-0.2, 0) is 10.2 Å². The summed E-state index contributed by atoms with van der Waals surface area (Å²) in [6.07, 6.45) is 1.78. The van der Waals surface area contributed by atoms with Gasteiger partial charge in [-0.3, -0.25) is 9.78 Å². The molecule has 4 nitrogen and oxygen atoms in total. The highest BCUT2D eigenvalue weighted by atomic mass is 79.9. The molecule has 2 N–H and O–H groups in total. The molecule has 2 aromatic rings. The maximum atomic E-state index is 12.9. The molecule has 0 bridgehead atoms. The molecular weight excluding hydrogens is 351 g/mol. The smallest absolute Gasteiger partial charge is 0.236 e. The minimum Gasteiger partial charge on any atom is -0.393 e. The van der Waals surface area contributed by atoms with Crippen LogP contribution < -0.4 is 5.32 Å². The minimum atomic E-state index is -0.839. The van der Waals surface area contributed by atoms with Gasteiger partial charge >= 0.3 is 0 Å². The summed E-state index contributed by atoms with van der Waals surface area (Å²) in [4.78, 5) is 17.0. The molecule has 1 fully saturated rings. The van der Waals surface area contributed by atoms with Crippen molar-refractivity contribution in [3.8, 4) is 0 Å². The minimum absolute atomic E-state index is 0.237. The molecule has 22 heavy (non-hydrogen) atoms. The molecule has 0 aliphatic heterocycles. The predicted octanol–water partition coefficient (Wildman–Crippen LogP) is 3.01. The molecule has 0 radical (unpaired) electrons. The lowest BCUT2D eigenvalue weighted by molar-refractivity contribution is -0.129. The van der Waals surface area contributed by atoms with Gasteiger partial charge in [0.05, 0.1) is 17.2 Å². The Balaban J connectivity index is 1.85. The molecule has 0 atom stereocenters. The predicted molar refractivity (Wildman–Crippen MR) is 83.9 cm³/mol. The standard InChI is InChI=1S/C16H14BrFN2O2/c17-10-1-6-14(19-9-10)16(7-13(21)8-16)15(22)20-12-4-2-11(18)3-5-12/h1-6,9,13,21H,7-8H2,(H,20,22). The summed E-state index contributed by atoms with van der Waals surface area (Å²) in [6, 6.07) is 9.18. The number of aliphatic hydroxyl groups excluding tert-OH is 1. The molecule has 6 heteroatoms. The summed E-state index contributed by atoms with van der Waals surface area (Å²) in [5.74, 6) is -0.597. The highest BCUT2D eigenvalue weighted by Gasteiger charge is 2.52. The van der Waals surface area contributed by atoms with Crippen LogP contribution in [0.2, 0.25) is 0 Å². The van der Waals surface area contributed by atoms with E-state index in [0.29, 0.717) is 24.2 Å². The van der Waals surface area contributed by atoms with Gasteiger partial charge in [-0.1, -0.05) is 0 Å². The van der Waals surface area contributed by atoms with Crippen LogP contribution in [0.15, 0.2) is 47.1 Å². The number of hydrogen-bond donors (Lipinski definition) is 2. The molecule has 0 saturated heterocycles. The van der Waals surface area contributed by atoms with Gasteiger partial charge in [0.2, 0.25) is 5.91 Å². The third-order valence-electron chi connectivity index (χ3n) is 3.92. The van der Waals surface area contributed by atoms with Crippen LogP contribution in [0.5, 0.6) is 0 Å². The summed E-state index contributed by atoms with van der Waals surface area (Å²) in [5.41, 5.74) is 0.305. The summed E-state index contributed by atoms with van der Waals surface area (Å²) >= 11 is 3.31. The molecule has 0 spiro atoms. The number of rotatable bonds is 3. The lowest BCUT2D eigenvalue weighted by Crippen LogP contribution is -2.53. The van der Waals surface area contributed by atoms with Gasteiger partial charge in [0.1, 0.15) is 5.82 Å². The van der Waals surface area contributed by atoms with Crippen molar-refractivity contribution in [1.82, 2.24) is 4.98 Å². The van der Waals surface area contributed by atoms with Gasteiger partial charge in [-0.15, -0.1) is 0 Å². The fourth-order valence-corrected chi connectivity index (χ4v) is 2.93. The quantitative estimate of drug-likeness (QED) is 0.879. The van der Waals surface area contributed by atoms with E-state index in [0.717, 1.165) is 4.47 Å². The molecule has 1 aromatic heterocycles. The van der Waals surface area contributed by atoms with Crippen LogP contribution in [0.1, 0.15) is 18.5 Å². The Morgan fingerprint density at radius 3 is 2.50 bits per heavy atom. The Kier molecular flexibility index (Phi) is 3.97. The number of hydrogen-bond acceptors (Lipinski definition) is 3. The van der Waals surface area contributed by atoms with E-state index in [2.05, 4.69) is 26.2 Å². The Morgan fingerprint density at radius 2 is 1.95 bits per heavy atom. The fourth-order valence-electron chi connectivity index (χ4n) is 2.70. The van der Waals surface area contributed by atoms with E-state index in [1.165, 1.54) is 24.3 Å². The van der Waals surface area contributed by atoms with Gasteiger partial charge in [0, 0.05) is 16.4 Å². The van der Waals surface area contributed by atoms with Crippen LogP contribution in [-0.4, -0.2) is 22.1 Å². The number of aromatic nitrogens is 1. The van der Waals surface area contributed by atoms with Crippen molar-refractivity contribution >= 4 is 27.5 Å². The number of amides is 1. The first-order valence-electron chi connectivity index (χ1n) is 6.87. The van der Waals surface area contributed by atoms with E-state index < -0.39 is 11.5 Å². The van der Waals surface area contributed by atoms with Crippen molar-refractivity contribution in [2.45, 2.75) is 24.4 Å². The van der Waals surface area contributed by atoms with E-state index in [1.54, 1.807) is 12.3 Å². The average molecular weight is 365 g/mol. The zero-order chi connectivity index (χ0) is 15.7. The highest BCUT2D eigenvalue weighted by Crippen LogP contribution is 2.44. The Hall–Kier alpha value is -1.79. The number of aliphatic hydroxyl groups is 1. The highest BCUT2D eigenvalue weighted by molar-refractivity contribution is 9.10. The number of pyridine rings is 1. The van der Waals surface area contributed by atoms with E-state index in [9.17, 15) is 14.3 Å². The number of nitrogens with zero attached hydrogens (tertiary/aromatic N) is 1. The second-order valence-corrected chi connectivity index (χ2v) is 6.38. The average Bonchev–Trinajstić information content (AvgIpc) is 2.47. The topological polar surface area (TPSA) is 62.2 Å². The first kappa shape index (κ1) is 15.1. The molecule has 1 amide bonds. The van der Waals surface area contributed by atoms with Gasteiger partial charge < -0.3 is 10.4 Å². The summed E-state index contributed by atoms with van der Waals surface area (Å²) < 4.78 is 13.8. The van der Waals surface area contributed by atoms with E-state index in [1.807, 2.05) is 6.07 Å². The van der Waals surface area contributed by atoms with E-state index in [4.69, 9.17) is 0 Å². The van der Waals surface area contributed by atoms with Crippen molar-refractivity contribution in [2.24, 2.45) is 0 Å². The second kappa shape index (κ2) is 5.78. The number of carbonyl (C=O) groups is 1. The van der Waals surface area contributed by atoms with Crippen LogP contribution in [0.25, 0.3) is 0 Å². The molecule has 1 heterocycles. The molecule has 3 rings (SSSR count). The fraction of sp³-hybridized carbons (Fsp3) is 0.250.